The number of hydrogen-bond donors (Lipinski definition) is 0. The van der Waals surface area contributed by atoms with Gasteiger partial charge >= 0.3 is 23.9 Å². The molecule has 0 atom stereocenters. The Morgan fingerprint density at radius 2 is 1.03 bits per heavy atom. The Morgan fingerprint density at radius 3 is 1.55 bits per heavy atom. The van der Waals surface area contributed by atoms with Crippen LogP contribution < -0.4 is 18.9 Å². The minimum Gasteiger partial charge on any atom is -0.423 e. The van der Waals surface area contributed by atoms with Crippen LogP contribution in [0.2, 0.25) is 0 Å². The van der Waals surface area contributed by atoms with Gasteiger partial charge < -0.3 is 18.9 Å². The van der Waals surface area contributed by atoms with Crippen molar-refractivity contribution < 1.29 is 38.1 Å². The molecule has 0 unspecified atom stereocenters. The molecule has 0 aliphatic rings. The SMILES string of the molecule is C=C(C)C(=O)Oc1ccc(/C=C/c2ccc(OC(=O)C(=C)C)c(OC(=O)C(=C)C)c2)c(OC(=O)C(=C)C)c1. The summed E-state index contributed by atoms with van der Waals surface area (Å²) >= 11 is 0. The van der Waals surface area contributed by atoms with Crippen LogP contribution in [0.3, 0.4) is 0 Å². The summed E-state index contributed by atoms with van der Waals surface area (Å²) in [6, 6.07) is 9.08. The van der Waals surface area contributed by atoms with Crippen molar-refractivity contribution in [3.63, 3.8) is 0 Å². The van der Waals surface area contributed by atoms with Gasteiger partial charge in [-0.25, -0.2) is 19.2 Å². The van der Waals surface area contributed by atoms with Crippen LogP contribution in [-0.2, 0) is 19.2 Å². The van der Waals surface area contributed by atoms with Gasteiger partial charge in [-0.2, -0.15) is 0 Å². The largest absolute Gasteiger partial charge is 0.423 e. The zero-order valence-corrected chi connectivity index (χ0v) is 21.7. The lowest BCUT2D eigenvalue weighted by molar-refractivity contribution is -0.132. The molecule has 0 aliphatic heterocycles. The summed E-state index contributed by atoms with van der Waals surface area (Å²) in [5.41, 5.74) is 1.72. The van der Waals surface area contributed by atoms with Crippen LogP contribution in [0.1, 0.15) is 38.8 Å². The topological polar surface area (TPSA) is 105 Å². The van der Waals surface area contributed by atoms with Gasteiger partial charge in [0, 0.05) is 33.9 Å². The van der Waals surface area contributed by atoms with Gasteiger partial charge in [0.1, 0.15) is 11.5 Å². The van der Waals surface area contributed by atoms with E-state index in [1.807, 2.05) is 0 Å². The van der Waals surface area contributed by atoms with Crippen LogP contribution >= 0.6 is 0 Å². The third-order valence-electron chi connectivity index (χ3n) is 4.62. The molecule has 0 saturated heterocycles. The van der Waals surface area contributed by atoms with Crippen molar-refractivity contribution in [2.24, 2.45) is 0 Å². The number of rotatable bonds is 10. The van der Waals surface area contributed by atoms with Crippen molar-refractivity contribution in [2.75, 3.05) is 0 Å². The monoisotopic (exact) mass is 516 g/mol. The average Bonchev–Trinajstić information content (AvgIpc) is 2.84. The molecule has 2 aromatic rings. The van der Waals surface area contributed by atoms with E-state index < -0.39 is 23.9 Å². The van der Waals surface area contributed by atoms with E-state index >= 15 is 0 Å². The van der Waals surface area contributed by atoms with Crippen LogP contribution in [0.15, 0.2) is 85.0 Å². The van der Waals surface area contributed by atoms with E-state index in [1.54, 1.807) is 24.3 Å². The first kappa shape index (κ1) is 29.3. The van der Waals surface area contributed by atoms with E-state index in [9.17, 15) is 19.2 Å². The molecule has 8 nitrogen and oxygen atoms in total. The molecule has 0 saturated carbocycles. The lowest BCUT2D eigenvalue weighted by atomic mass is 10.1. The Kier molecular flexibility index (Phi) is 9.87. The van der Waals surface area contributed by atoms with Crippen molar-refractivity contribution in [3.8, 4) is 23.0 Å². The fourth-order valence-corrected chi connectivity index (χ4v) is 2.54. The summed E-state index contributed by atoms with van der Waals surface area (Å²) < 4.78 is 21.3. The predicted molar refractivity (Wildman–Crippen MR) is 144 cm³/mol. The zero-order valence-electron chi connectivity index (χ0n) is 21.7. The van der Waals surface area contributed by atoms with Crippen LogP contribution in [0, 0.1) is 0 Å². The normalized spacial score (nSPS) is 10.3. The molecule has 8 heteroatoms. The smallest absolute Gasteiger partial charge is 0.338 e. The van der Waals surface area contributed by atoms with Crippen molar-refractivity contribution in [1.29, 1.82) is 0 Å². The van der Waals surface area contributed by atoms with Crippen LogP contribution in [0.25, 0.3) is 12.2 Å². The highest BCUT2D eigenvalue weighted by Crippen LogP contribution is 2.32. The van der Waals surface area contributed by atoms with Crippen LogP contribution in [0.5, 0.6) is 23.0 Å². The fourth-order valence-electron chi connectivity index (χ4n) is 2.54. The molecule has 196 valence electrons. The van der Waals surface area contributed by atoms with Gasteiger partial charge in [0.25, 0.3) is 0 Å². The van der Waals surface area contributed by atoms with Gasteiger partial charge in [-0.1, -0.05) is 44.5 Å². The number of carbonyl (C=O) groups is 4. The number of ether oxygens (including phenoxy) is 4. The Morgan fingerprint density at radius 1 is 0.553 bits per heavy atom. The average molecular weight is 517 g/mol. The van der Waals surface area contributed by atoms with E-state index in [1.165, 1.54) is 52.0 Å². The molecule has 0 heterocycles. The molecule has 2 rings (SSSR count). The second-order valence-corrected chi connectivity index (χ2v) is 8.42. The first-order valence-corrected chi connectivity index (χ1v) is 11.3. The van der Waals surface area contributed by atoms with Crippen molar-refractivity contribution in [2.45, 2.75) is 27.7 Å². The Hall–Kier alpha value is -4.98. The van der Waals surface area contributed by atoms with E-state index in [4.69, 9.17) is 18.9 Å². The second kappa shape index (κ2) is 12.8. The minimum absolute atomic E-state index is 0.00858. The molecule has 0 N–H and O–H groups in total. The Balaban J connectivity index is 2.47. The van der Waals surface area contributed by atoms with Crippen LogP contribution in [0.4, 0.5) is 0 Å². The number of esters is 4. The second-order valence-electron chi connectivity index (χ2n) is 8.42. The van der Waals surface area contributed by atoms with Gasteiger partial charge in [0.2, 0.25) is 0 Å². The molecule has 0 fully saturated rings. The number of benzene rings is 2. The van der Waals surface area contributed by atoms with Gasteiger partial charge in [-0.05, 0) is 57.5 Å². The summed E-state index contributed by atoms with van der Waals surface area (Å²) in [5, 5.41) is 0. The minimum atomic E-state index is -0.701. The van der Waals surface area contributed by atoms with Gasteiger partial charge in [0.15, 0.2) is 11.5 Å². The summed E-state index contributed by atoms with van der Waals surface area (Å²) in [6.07, 6.45) is 3.28. The highest BCUT2D eigenvalue weighted by Gasteiger charge is 2.16. The van der Waals surface area contributed by atoms with Crippen molar-refractivity contribution in [1.82, 2.24) is 0 Å². The van der Waals surface area contributed by atoms with Gasteiger partial charge in [-0.15, -0.1) is 0 Å². The maximum absolute atomic E-state index is 12.2. The third kappa shape index (κ3) is 8.30. The zero-order chi connectivity index (χ0) is 28.6. The molecule has 0 spiro atoms. The van der Waals surface area contributed by atoms with Gasteiger partial charge in [0.05, 0.1) is 0 Å². The first-order valence-electron chi connectivity index (χ1n) is 11.3. The molecular formula is C30H28O8. The van der Waals surface area contributed by atoms with Gasteiger partial charge in [-0.3, -0.25) is 0 Å². The fraction of sp³-hybridized carbons (Fsp3) is 0.133. The van der Waals surface area contributed by atoms with Crippen molar-refractivity contribution >= 4 is 36.0 Å². The summed E-state index contributed by atoms with van der Waals surface area (Å²) in [6.45, 7) is 20.2. The van der Waals surface area contributed by atoms with E-state index in [-0.39, 0.29) is 45.3 Å². The van der Waals surface area contributed by atoms with Crippen LogP contribution in [-0.4, -0.2) is 23.9 Å². The van der Waals surface area contributed by atoms with E-state index in [0.29, 0.717) is 11.1 Å². The Bertz CT molecular complexity index is 1390. The molecule has 2 aromatic carbocycles. The molecule has 0 aliphatic carbocycles. The highest BCUT2D eigenvalue weighted by molar-refractivity contribution is 5.92. The van der Waals surface area contributed by atoms with E-state index in [0.717, 1.165) is 0 Å². The Labute approximate surface area is 221 Å². The molecular weight excluding hydrogens is 488 g/mol. The molecule has 38 heavy (non-hydrogen) atoms. The maximum Gasteiger partial charge on any atom is 0.338 e. The summed E-state index contributed by atoms with van der Waals surface area (Å²) in [5.74, 6) is -2.41. The first-order chi connectivity index (χ1) is 17.8. The number of hydrogen-bond acceptors (Lipinski definition) is 8. The molecule has 0 bridgehead atoms. The standard InChI is InChI=1S/C30H28O8/c1-17(2)27(31)35-23-13-12-22(25(16-23)37-29(33)19(5)6)11-9-21-10-14-24(36-28(32)18(3)4)26(15-21)38-30(34)20(7)8/h9-16H,1,3,5,7H2,2,4,6,8H3/b11-9+. The molecule has 0 aromatic heterocycles. The number of carbonyl (C=O) groups excluding carboxylic acids is 4. The predicted octanol–water partition coefficient (Wildman–Crippen LogP) is 5.78. The highest BCUT2D eigenvalue weighted by atomic mass is 16.6. The summed E-state index contributed by atoms with van der Waals surface area (Å²) in [4.78, 5) is 48.2. The molecule has 0 radical (unpaired) electrons. The third-order valence-corrected chi connectivity index (χ3v) is 4.62. The quantitative estimate of drug-likeness (QED) is 0.169. The lowest BCUT2D eigenvalue weighted by Crippen LogP contribution is -2.12. The maximum atomic E-state index is 12.2. The van der Waals surface area contributed by atoms with Crippen molar-refractivity contribution in [3.05, 3.63) is 96.1 Å². The molecule has 0 amide bonds. The lowest BCUT2D eigenvalue weighted by Gasteiger charge is -2.12. The van der Waals surface area contributed by atoms with E-state index in [2.05, 4.69) is 26.3 Å². The summed E-state index contributed by atoms with van der Waals surface area (Å²) in [7, 11) is 0.